The van der Waals surface area contributed by atoms with Crippen LogP contribution in [-0.4, -0.2) is 5.78 Å². The SMILES string of the molecule is CC(C)c1ccc(C(=O)CC(N)c2ccccc2)cc1. The Morgan fingerprint density at radius 2 is 1.55 bits per heavy atom. The Kier molecular flexibility index (Phi) is 4.70. The topological polar surface area (TPSA) is 43.1 Å². The monoisotopic (exact) mass is 267 g/mol. The van der Waals surface area contributed by atoms with Gasteiger partial charge in [-0.15, -0.1) is 0 Å². The van der Waals surface area contributed by atoms with Gasteiger partial charge in [0.05, 0.1) is 0 Å². The second-order valence-electron chi connectivity index (χ2n) is 5.42. The molecule has 2 aromatic rings. The zero-order chi connectivity index (χ0) is 14.5. The van der Waals surface area contributed by atoms with Crippen LogP contribution in [0.5, 0.6) is 0 Å². The van der Waals surface area contributed by atoms with Crippen LogP contribution in [0.4, 0.5) is 0 Å². The summed E-state index contributed by atoms with van der Waals surface area (Å²) in [5.74, 6) is 0.572. The van der Waals surface area contributed by atoms with Crippen LogP contribution in [0.3, 0.4) is 0 Å². The van der Waals surface area contributed by atoms with Crippen molar-refractivity contribution in [2.45, 2.75) is 32.2 Å². The van der Waals surface area contributed by atoms with E-state index < -0.39 is 0 Å². The van der Waals surface area contributed by atoms with E-state index >= 15 is 0 Å². The first-order valence-corrected chi connectivity index (χ1v) is 7.01. The third-order valence-electron chi connectivity index (χ3n) is 3.53. The molecule has 0 bridgehead atoms. The average Bonchev–Trinajstić information content (AvgIpc) is 2.48. The standard InChI is InChI=1S/C18H21NO/c1-13(2)14-8-10-16(11-9-14)18(20)12-17(19)15-6-4-3-5-7-15/h3-11,13,17H,12,19H2,1-2H3. The van der Waals surface area contributed by atoms with E-state index in [1.54, 1.807) is 0 Å². The fraction of sp³-hybridized carbons (Fsp3) is 0.278. The summed E-state index contributed by atoms with van der Waals surface area (Å²) in [7, 11) is 0. The zero-order valence-electron chi connectivity index (χ0n) is 12.0. The Labute approximate surface area is 120 Å². The second-order valence-corrected chi connectivity index (χ2v) is 5.42. The summed E-state index contributed by atoms with van der Waals surface area (Å²) in [4.78, 5) is 12.2. The maximum Gasteiger partial charge on any atom is 0.164 e. The number of hydrogen-bond acceptors (Lipinski definition) is 2. The van der Waals surface area contributed by atoms with Gasteiger partial charge in [0.1, 0.15) is 0 Å². The van der Waals surface area contributed by atoms with Crippen LogP contribution in [0, 0.1) is 0 Å². The molecule has 2 heteroatoms. The second kappa shape index (κ2) is 6.49. The fourth-order valence-electron chi connectivity index (χ4n) is 2.19. The number of carbonyl (C=O) groups excluding carboxylic acids is 1. The largest absolute Gasteiger partial charge is 0.324 e. The highest BCUT2D eigenvalue weighted by Gasteiger charge is 2.13. The number of rotatable bonds is 5. The molecule has 1 unspecified atom stereocenters. The van der Waals surface area contributed by atoms with Gasteiger partial charge in [-0.1, -0.05) is 68.4 Å². The summed E-state index contributed by atoms with van der Waals surface area (Å²) in [6, 6.07) is 17.3. The lowest BCUT2D eigenvalue weighted by atomic mass is 9.96. The first kappa shape index (κ1) is 14.5. The molecule has 2 aromatic carbocycles. The van der Waals surface area contributed by atoms with Gasteiger partial charge in [-0.05, 0) is 17.0 Å². The molecule has 0 saturated heterocycles. The molecule has 0 spiro atoms. The van der Waals surface area contributed by atoms with Gasteiger partial charge in [0.25, 0.3) is 0 Å². The zero-order valence-corrected chi connectivity index (χ0v) is 12.0. The first-order chi connectivity index (χ1) is 9.58. The molecule has 0 fully saturated rings. The summed E-state index contributed by atoms with van der Waals surface area (Å²) in [5.41, 5.74) is 9.07. The van der Waals surface area contributed by atoms with Crippen molar-refractivity contribution in [1.82, 2.24) is 0 Å². The highest BCUT2D eigenvalue weighted by Crippen LogP contribution is 2.19. The predicted octanol–water partition coefficient (Wildman–Crippen LogP) is 4.08. The minimum atomic E-state index is -0.242. The molecule has 104 valence electrons. The Bertz CT molecular complexity index is 558. The lowest BCUT2D eigenvalue weighted by Gasteiger charge is -2.12. The Morgan fingerprint density at radius 3 is 2.10 bits per heavy atom. The van der Waals surface area contributed by atoms with Crippen LogP contribution in [0.2, 0.25) is 0 Å². The minimum Gasteiger partial charge on any atom is -0.324 e. The van der Waals surface area contributed by atoms with Crippen molar-refractivity contribution in [2.24, 2.45) is 5.73 Å². The van der Waals surface area contributed by atoms with Crippen molar-refractivity contribution in [3.63, 3.8) is 0 Å². The minimum absolute atomic E-state index is 0.0941. The van der Waals surface area contributed by atoms with Crippen molar-refractivity contribution < 1.29 is 4.79 Å². The van der Waals surface area contributed by atoms with E-state index in [-0.39, 0.29) is 11.8 Å². The third kappa shape index (κ3) is 3.55. The average molecular weight is 267 g/mol. The maximum absolute atomic E-state index is 12.2. The van der Waals surface area contributed by atoms with Gasteiger partial charge in [0.2, 0.25) is 0 Å². The van der Waals surface area contributed by atoms with Gasteiger partial charge in [-0.25, -0.2) is 0 Å². The Hall–Kier alpha value is -1.93. The molecule has 0 radical (unpaired) electrons. The van der Waals surface area contributed by atoms with Crippen molar-refractivity contribution >= 4 is 5.78 Å². The Morgan fingerprint density at radius 1 is 0.950 bits per heavy atom. The Balaban J connectivity index is 2.05. The summed E-state index contributed by atoms with van der Waals surface area (Å²) in [6.07, 6.45) is 0.338. The van der Waals surface area contributed by atoms with Crippen LogP contribution in [-0.2, 0) is 0 Å². The normalized spacial score (nSPS) is 12.4. The molecular weight excluding hydrogens is 246 g/mol. The quantitative estimate of drug-likeness (QED) is 0.829. The number of carbonyl (C=O) groups is 1. The maximum atomic E-state index is 12.2. The lowest BCUT2D eigenvalue weighted by molar-refractivity contribution is 0.0974. The third-order valence-corrected chi connectivity index (χ3v) is 3.53. The van der Waals surface area contributed by atoms with Crippen LogP contribution < -0.4 is 5.73 Å². The van der Waals surface area contributed by atoms with Crippen LogP contribution >= 0.6 is 0 Å². The van der Waals surface area contributed by atoms with Gasteiger partial charge in [-0.3, -0.25) is 4.79 Å². The fourth-order valence-corrected chi connectivity index (χ4v) is 2.19. The molecule has 0 amide bonds. The number of benzene rings is 2. The summed E-state index contributed by atoms with van der Waals surface area (Å²) in [6.45, 7) is 4.28. The number of Topliss-reactive ketones (excluding diaryl/α,β-unsaturated/α-hetero) is 1. The van der Waals surface area contributed by atoms with Gasteiger partial charge < -0.3 is 5.73 Å². The first-order valence-electron chi connectivity index (χ1n) is 7.01. The van der Waals surface area contributed by atoms with Gasteiger partial charge >= 0.3 is 0 Å². The summed E-state index contributed by atoms with van der Waals surface area (Å²) >= 11 is 0. The van der Waals surface area contributed by atoms with Gasteiger partial charge in [0.15, 0.2) is 5.78 Å². The van der Waals surface area contributed by atoms with Crippen molar-refractivity contribution in [3.05, 3.63) is 71.3 Å². The van der Waals surface area contributed by atoms with Crippen molar-refractivity contribution in [3.8, 4) is 0 Å². The molecule has 20 heavy (non-hydrogen) atoms. The number of nitrogens with two attached hydrogens (primary N) is 1. The summed E-state index contributed by atoms with van der Waals surface area (Å²) in [5, 5.41) is 0. The van der Waals surface area contributed by atoms with E-state index in [1.165, 1.54) is 5.56 Å². The van der Waals surface area contributed by atoms with E-state index in [1.807, 2.05) is 54.6 Å². The lowest BCUT2D eigenvalue weighted by Crippen LogP contribution is -2.15. The van der Waals surface area contributed by atoms with Crippen LogP contribution in [0.15, 0.2) is 54.6 Å². The van der Waals surface area contributed by atoms with Gasteiger partial charge in [0, 0.05) is 18.0 Å². The molecule has 2 nitrogen and oxygen atoms in total. The number of hydrogen-bond donors (Lipinski definition) is 1. The highest BCUT2D eigenvalue weighted by atomic mass is 16.1. The van der Waals surface area contributed by atoms with Crippen LogP contribution in [0.1, 0.15) is 53.7 Å². The molecular formula is C18H21NO. The predicted molar refractivity (Wildman–Crippen MR) is 82.8 cm³/mol. The van der Waals surface area contributed by atoms with E-state index in [9.17, 15) is 4.79 Å². The molecule has 0 heterocycles. The molecule has 0 aliphatic heterocycles. The molecule has 2 rings (SSSR count). The van der Waals surface area contributed by atoms with Crippen LogP contribution in [0.25, 0.3) is 0 Å². The molecule has 1 atom stereocenters. The molecule has 2 N–H and O–H groups in total. The molecule has 0 aromatic heterocycles. The molecule has 0 saturated carbocycles. The summed E-state index contributed by atoms with van der Waals surface area (Å²) < 4.78 is 0. The van der Waals surface area contributed by atoms with Crippen molar-refractivity contribution in [1.29, 1.82) is 0 Å². The highest BCUT2D eigenvalue weighted by molar-refractivity contribution is 5.96. The van der Waals surface area contributed by atoms with E-state index in [4.69, 9.17) is 5.73 Å². The van der Waals surface area contributed by atoms with E-state index in [0.29, 0.717) is 12.3 Å². The smallest absolute Gasteiger partial charge is 0.164 e. The van der Waals surface area contributed by atoms with Crippen molar-refractivity contribution in [2.75, 3.05) is 0 Å². The number of ketones is 1. The van der Waals surface area contributed by atoms with E-state index in [2.05, 4.69) is 13.8 Å². The van der Waals surface area contributed by atoms with Gasteiger partial charge in [-0.2, -0.15) is 0 Å². The molecule has 0 aliphatic rings. The molecule has 0 aliphatic carbocycles. The van der Waals surface area contributed by atoms with E-state index in [0.717, 1.165) is 11.1 Å².